The second-order valence-corrected chi connectivity index (χ2v) is 6.03. The summed E-state index contributed by atoms with van der Waals surface area (Å²) in [5.74, 6) is 3.10. The monoisotopic (exact) mass is 296 g/mol. The van der Waals surface area contributed by atoms with E-state index in [4.69, 9.17) is 16.3 Å². The average Bonchev–Trinajstić information content (AvgIpc) is 2.50. The molecule has 0 saturated heterocycles. The normalized spacial score (nSPS) is 14.0. The van der Waals surface area contributed by atoms with Gasteiger partial charge in [0.2, 0.25) is 0 Å². The smallest absolute Gasteiger partial charge is 0.118 e. The minimum absolute atomic E-state index is 0.590. The van der Waals surface area contributed by atoms with Crippen LogP contribution in [0.15, 0.2) is 24.3 Å². The van der Waals surface area contributed by atoms with Crippen LogP contribution in [-0.2, 0) is 6.42 Å². The van der Waals surface area contributed by atoms with Crippen molar-refractivity contribution in [2.75, 3.05) is 13.0 Å². The van der Waals surface area contributed by atoms with Crippen molar-refractivity contribution < 1.29 is 4.74 Å². The van der Waals surface area contributed by atoms with Gasteiger partial charge in [0.25, 0.3) is 0 Å². The van der Waals surface area contributed by atoms with E-state index in [1.165, 1.54) is 37.7 Å². The van der Waals surface area contributed by atoms with E-state index in [1.807, 2.05) is 12.1 Å². The van der Waals surface area contributed by atoms with Gasteiger partial charge in [-0.3, -0.25) is 0 Å². The summed E-state index contributed by atoms with van der Waals surface area (Å²) in [4.78, 5) is 0. The van der Waals surface area contributed by atoms with Crippen molar-refractivity contribution in [2.24, 2.45) is 11.8 Å². The maximum absolute atomic E-state index is 6.19. The highest BCUT2D eigenvalue weighted by Gasteiger charge is 2.15. The fourth-order valence-corrected chi connectivity index (χ4v) is 2.98. The van der Waals surface area contributed by atoms with Gasteiger partial charge in [0.1, 0.15) is 5.75 Å². The van der Waals surface area contributed by atoms with Crippen LogP contribution in [0.2, 0.25) is 0 Å². The van der Waals surface area contributed by atoms with Gasteiger partial charge >= 0.3 is 0 Å². The molecule has 1 rings (SSSR count). The van der Waals surface area contributed by atoms with Crippen molar-refractivity contribution in [1.82, 2.24) is 0 Å². The van der Waals surface area contributed by atoms with Crippen LogP contribution in [0, 0.1) is 11.8 Å². The van der Waals surface area contributed by atoms with Crippen molar-refractivity contribution in [2.45, 2.75) is 52.4 Å². The summed E-state index contributed by atoms with van der Waals surface area (Å²) in [6, 6.07) is 8.39. The molecule has 0 bridgehead atoms. The van der Waals surface area contributed by atoms with E-state index in [2.05, 4.69) is 26.0 Å². The third kappa shape index (κ3) is 6.17. The molecule has 114 valence electrons. The number of hydrogen-bond acceptors (Lipinski definition) is 1. The molecule has 0 aliphatic rings. The van der Waals surface area contributed by atoms with E-state index in [1.54, 1.807) is 7.11 Å². The van der Waals surface area contributed by atoms with Gasteiger partial charge in [0, 0.05) is 5.88 Å². The molecule has 1 aromatic carbocycles. The molecule has 0 radical (unpaired) electrons. The molecule has 0 fully saturated rings. The summed E-state index contributed by atoms with van der Waals surface area (Å²) < 4.78 is 5.20. The second kappa shape index (κ2) is 10.1. The number of methoxy groups -OCH3 is 1. The Morgan fingerprint density at radius 3 is 2.30 bits per heavy atom. The largest absolute Gasteiger partial charge is 0.497 e. The molecule has 0 aliphatic heterocycles. The number of alkyl halides is 1. The Kier molecular flexibility index (Phi) is 8.77. The standard InChI is InChI=1S/C18H29ClO/c1-4-6-7-15(5-2)12-17(14-19)13-16-8-10-18(20-3)11-9-16/h8-11,15,17H,4-7,12-14H2,1-3H3. The van der Waals surface area contributed by atoms with Gasteiger partial charge in [0.05, 0.1) is 7.11 Å². The molecule has 2 heteroatoms. The van der Waals surface area contributed by atoms with Crippen molar-refractivity contribution >= 4 is 11.6 Å². The minimum atomic E-state index is 0.590. The highest BCUT2D eigenvalue weighted by atomic mass is 35.5. The number of rotatable bonds is 10. The third-order valence-electron chi connectivity index (χ3n) is 4.11. The van der Waals surface area contributed by atoms with Gasteiger partial charge in [-0.2, -0.15) is 0 Å². The van der Waals surface area contributed by atoms with E-state index in [0.717, 1.165) is 24.0 Å². The number of benzene rings is 1. The van der Waals surface area contributed by atoms with Gasteiger partial charge in [-0.15, -0.1) is 11.6 Å². The topological polar surface area (TPSA) is 9.23 Å². The van der Waals surface area contributed by atoms with Crippen LogP contribution in [0.5, 0.6) is 5.75 Å². The predicted octanol–water partition coefficient (Wildman–Crippen LogP) is 5.70. The van der Waals surface area contributed by atoms with Crippen LogP contribution in [0.1, 0.15) is 51.5 Å². The summed E-state index contributed by atoms with van der Waals surface area (Å²) >= 11 is 6.19. The molecule has 2 unspecified atom stereocenters. The van der Waals surface area contributed by atoms with E-state index >= 15 is 0 Å². The highest BCUT2D eigenvalue weighted by Crippen LogP contribution is 2.25. The minimum Gasteiger partial charge on any atom is -0.497 e. The van der Waals surface area contributed by atoms with Crippen LogP contribution in [0.25, 0.3) is 0 Å². The Hall–Kier alpha value is -0.690. The summed E-state index contributed by atoms with van der Waals surface area (Å²) in [5, 5.41) is 0. The predicted molar refractivity (Wildman–Crippen MR) is 88.8 cm³/mol. The SMILES string of the molecule is CCCCC(CC)CC(CCl)Cc1ccc(OC)cc1. The van der Waals surface area contributed by atoms with Crippen LogP contribution in [-0.4, -0.2) is 13.0 Å². The molecule has 0 spiro atoms. The lowest BCUT2D eigenvalue weighted by atomic mass is 9.86. The Bertz CT molecular complexity index is 347. The van der Waals surface area contributed by atoms with Crippen LogP contribution < -0.4 is 4.74 Å². The van der Waals surface area contributed by atoms with Gasteiger partial charge in [-0.25, -0.2) is 0 Å². The van der Waals surface area contributed by atoms with Crippen LogP contribution in [0.4, 0.5) is 0 Å². The van der Waals surface area contributed by atoms with Gasteiger partial charge in [-0.1, -0.05) is 51.7 Å². The maximum atomic E-state index is 6.19. The highest BCUT2D eigenvalue weighted by molar-refractivity contribution is 6.18. The quantitative estimate of drug-likeness (QED) is 0.503. The zero-order valence-electron chi connectivity index (χ0n) is 13.2. The van der Waals surface area contributed by atoms with Crippen LogP contribution >= 0.6 is 11.6 Å². The Labute approximate surface area is 129 Å². The molecular weight excluding hydrogens is 268 g/mol. The van der Waals surface area contributed by atoms with Gasteiger partial charge in [-0.05, 0) is 42.4 Å². The first-order valence-electron chi connectivity index (χ1n) is 7.92. The first kappa shape index (κ1) is 17.4. The number of hydrogen-bond donors (Lipinski definition) is 0. The Morgan fingerprint density at radius 1 is 1.10 bits per heavy atom. The summed E-state index contributed by atoms with van der Waals surface area (Å²) in [6.45, 7) is 4.57. The summed E-state index contributed by atoms with van der Waals surface area (Å²) in [6.07, 6.45) is 7.59. The molecule has 0 heterocycles. The molecule has 20 heavy (non-hydrogen) atoms. The Morgan fingerprint density at radius 2 is 1.80 bits per heavy atom. The van der Waals surface area contributed by atoms with E-state index in [-0.39, 0.29) is 0 Å². The third-order valence-corrected chi connectivity index (χ3v) is 4.55. The molecule has 2 atom stereocenters. The lowest BCUT2D eigenvalue weighted by molar-refractivity contribution is 0.353. The van der Waals surface area contributed by atoms with Crippen molar-refractivity contribution in [1.29, 1.82) is 0 Å². The molecule has 0 amide bonds. The van der Waals surface area contributed by atoms with Crippen LogP contribution in [0.3, 0.4) is 0 Å². The van der Waals surface area contributed by atoms with Crippen molar-refractivity contribution in [3.8, 4) is 5.75 Å². The molecule has 0 N–H and O–H groups in total. The van der Waals surface area contributed by atoms with E-state index in [0.29, 0.717) is 5.92 Å². The van der Waals surface area contributed by atoms with Gasteiger partial charge < -0.3 is 4.74 Å². The number of unbranched alkanes of at least 4 members (excludes halogenated alkanes) is 1. The first-order chi connectivity index (χ1) is 9.73. The molecule has 1 nitrogen and oxygen atoms in total. The van der Waals surface area contributed by atoms with E-state index in [9.17, 15) is 0 Å². The fourth-order valence-electron chi connectivity index (χ4n) is 2.75. The number of ether oxygens (including phenoxy) is 1. The molecule has 0 aliphatic carbocycles. The van der Waals surface area contributed by atoms with E-state index < -0.39 is 0 Å². The molecule has 0 saturated carbocycles. The first-order valence-corrected chi connectivity index (χ1v) is 8.45. The lowest BCUT2D eigenvalue weighted by Gasteiger charge is -2.21. The average molecular weight is 297 g/mol. The molecule has 0 aromatic heterocycles. The fraction of sp³-hybridized carbons (Fsp3) is 0.667. The van der Waals surface area contributed by atoms with Gasteiger partial charge in [0.15, 0.2) is 0 Å². The summed E-state index contributed by atoms with van der Waals surface area (Å²) in [7, 11) is 1.70. The zero-order chi connectivity index (χ0) is 14.8. The summed E-state index contributed by atoms with van der Waals surface area (Å²) in [5.41, 5.74) is 1.36. The number of halogens is 1. The zero-order valence-corrected chi connectivity index (χ0v) is 14.0. The van der Waals surface area contributed by atoms with Crippen molar-refractivity contribution in [3.05, 3.63) is 29.8 Å². The molecule has 1 aromatic rings. The molecular formula is C18H29ClO. The lowest BCUT2D eigenvalue weighted by Crippen LogP contribution is -2.13. The second-order valence-electron chi connectivity index (χ2n) is 5.72. The Balaban J connectivity index is 2.51. The maximum Gasteiger partial charge on any atom is 0.118 e. The van der Waals surface area contributed by atoms with Crippen molar-refractivity contribution in [3.63, 3.8) is 0 Å².